The van der Waals surface area contributed by atoms with Crippen LogP contribution in [-0.2, 0) is 0 Å². The minimum atomic E-state index is -0.173. The molecule has 0 bridgehead atoms. The number of aliphatic hydroxyl groups excluding tert-OH is 1. The first-order valence-electron chi connectivity index (χ1n) is 9.55. The van der Waals surface area contributed by atoms with Crippen molar-refractivity contribution in [1.82, 2.24) is 5.32 Å². The number of nitrogens with one attached hydrogen (secondary N) is 1. The molecule has 0 saturated heterocycles. The topological polar surface area (TPSA) is 32.3 Å². The van der Waals surface area contributed by atoms with Crippen LogP contribution in [0, 0.1) is 28.6 Å². The third kappa shape index (κ3) is 1.92. The minimum absolute atomic E-state index is 0.173. The molecule has 7 atom stereocenters. The van der Waals surface area contributed by atoms with E-state index in [9.17, 15) is 5.11 Å². The highest BCUT2D eigenvalue weighted by Gasteiger charge is 2.58. The molecule has 0 heterocycles. The predicted octanol–water partition coefficient (Wildman–Crippen LogP) is 3.90. The van der Waals surface area contributed by atoms with Gasteiger partial charge in [-0.3, -0.25) is 0 Å². The molecule has 4 aliphatic rings. The third-order valence-corrected chi connectivity index (χ3v) is 8.44. The van der Waals surface area contributed by atoms with Crippen LogP contribution in [0.5, 0.6) is 0 Å². The van der Waals surface area contributed by atoms with E-state index in [-0.39, 0.29) is 6.10 Å². The highest BCUT2D eigenvalue weighted by molar-refractivity contribution is 5.25. The van der Waals surface area contributed by atoms with E-state index in [1.54, 1.807) is 5.57 Å². The van der Waals surface area contributed by atoms with Crippen LogP contribution in [0.2, 0.25) is 0 Å². The standard InChI is InChI=1S/C20H33NO/c1-19-10-8-14(22)12-13(19)4-5-15-16-6-7-18(21-3)20(16,2)11-9-17(15)19/h12,14-18,21-22H,4-11H2,1-3H3/t14?,15-,16-,17+,18?,19-,20-/m0/s1. The van der Waals surface area contributed by atoms with Crippen molar-refractivity contribution in [3.8, 4) is 0 Å². The summed E-state index contributed by atoms with van der Waals surface area (Å²) in [5, 5.41) is 13.7. The summed E-state index contributed by atoms with van der Waals surface area (Å²) in [4.78, 5) is 0. The molecule has 0 aromatic rings. The lowest BCUT2D eigenvalue weighted by Crippen LogP contribution is -2.53. The number of allylic oxidation sites excluding steroid dienone is 1. The first-order valence-corrected chi connectivity index (χ1v) is 9.55. The predicted molar refractivity (Wildman–Crippen MR) is 90.6 cm³/mol. The zero-order chi connectivity index (χ0) is 15.5. The van der Waals surface area contributed by atoms with E-state index < -0.39 is 0 Å². The molecule has 3 fully saturated rings. The summed E-state index contributed by atoms with van der Waals surface area (Å²) in [6.45, 7) is 5.09. The van der Waals surface area contributed by atoms with Gasteiger partial charge in [-0.15, -0.1) is 0 Å². The van der Waals surface area contributed by atoms with Gasteiger partial charge in [-0.25, -0.2) is 0 Å². The molecule has 0 aromatic carbocycles. The highest BCUT2D eigenvalue weighted by atomic mass is 16.3. The molecule has 0 aromatic heterocycles. The Bertz CT molecular complexity index is 486. The van der Waals surface area contributed by atoms with Crippen LogP contribution in [0.1, 0.15) is 65.2 Å². The van der Waals surface area contributed by atoms with Crippen LogP contribution in [0.25, 0.3) is 0 Å². The largest absolute Gasteiger partial charge is 0.389 e. The smallest absolute Gasteiger partial charge is 0.0724 e. The van der Waals surface area contributed by atoms with E-state index in [2.05, 4.69) is 32.3 Å². The molecule has 0 radical (unpaired) electrons. The van der Waals surface area contributed by atoms with E-state index in [0.29, 0.717) is 10.8 Å². The van der Waals surface area contributed by atoms with Crippen LogP contribution in [0.15, 0.2) is 11.6 Å². The molecule has 2 unspecified atom stereocenters. The lowest BCUT2D eigenvalue weighted by molar-refractivity contribution is -0.0480. The molecule has 0 amide bonds. The lowest BCUT2D eigenvalue weighted by Gasteiger charge is -2.58. The van der Waals surface area contributed by atoms with Crippen molar-refractivity contribution in [2.45, 2.75) is 77.4 Å². The fourth-order valence-corrected chi connectivity index (χ4v) is 7.18. The van der Waals surface area contributed by atoms with E-state index in [1.807, 2.05) is 0 Å². The Labute approximate surface area is 135 Å². The third-order valence-electron chi connectivity index (χ3n) is 8.44. The van der Waals surface area contributed by atoms with E-state index in [0.717, 1.165) is 30.2 Å². The summed E-state index contributed by atoms with van der Waals surface area (Å²) in [5.74, 6) is 2.72. The SMILES string of the molecule is CNC1CC[C@H]2[C@@H]3CCC4=CC(O)CC[C@]4(C)[C@@H]3CC[C@]12C. The first-order chi connectivity index (χ1) is 10.5. The van der Waals surface area contributed by atoms with Crippen molar-refractivity contribution >= 4 is 0 Å². The molecule has 2 heteroatoms. The molecule has 3 saturated carbocycles. The molecule has 2 nitrogen and oxygen atoms in total. The van der Waals surface area contributed by atoms with Crippen molar-refractivity contribution in [3.05, 3.63) is 11.6 Å². The molecule has 4 aliphatic carbocycles. The Morgan fingerprint density at radius 2 is 1.86 bits per heavy atom. The molecule has 4 rings (SSSR count). The van der Waals surface area contributed by atoms with Crippen molar-refractivity contribution in [2.75, 3.05) is 7.05 Å². The Morgan fingerprint density at radius 1 is 1.05 bits per heavy atom. The van der Waals surface area contributed by atoms with Gasteiger partial charge in [0.25, 0.3) is 0 Å². The molecule has 0 spiro atoms. The van der Waals surface area contributed by atoms with Gasteiger partial charge in [0.05, 0.1) is 6.10 Å². The fourth-order valence-electron chi connectivity index (χ4n) is 7.18. The Kier molecular flexibility index (Phi) is 3.51. The summed E-state index contributed by atoms with van der Waals surface area (Å²) in [6.07, 6.45) is 12.5. The average Bonchev–Trinajstić information content (AvgIpc) is 2.84. The van der Waals surface area contributed by atoms with Crippen LogP contribution in [0.4, 0.5) is 0 Å². The number of hydrogen-bond donors (Lipinski definition) is 2. The molecule has 0 aliphatic heterocycles. The van der Waals surface area contributed by atoms with Gasteiger partial charge in [-0.05, 0) is 87.0 Å². The highest BCUT2D eigenvalue weighted by Crippen LogP contribution is 2.65. The van der Waals surface area contributed by atoms with Gasteiger partial charge in [0.1, 0.15) is 0 Å². The number of hydrogen-bond acceptors (Lipinski definition) is 2. The number of rotatable bonds is 1. The molecular weight excluding hydrogens is 270 g/mol. The maximum atomic E-state index is 10.0. The van der Waals surface area contributed by atoms with Crippen LogP contribution >= 0.6 is 0 Å². The molecular formula is C20H33NO. The Morgan fingerprint density at radius 3 is 2.64 bits per heavy atom. The average molecular weight is 303 g/mol. The summed E-state index contributed by atoms with van der Waals surface area (Å²) in [6, 6.07) is 0.733. The van der Waals surface area contributed by atoms with Crippen LogP contribution in [-0.4, -0.2) is 24.3 Å². The fraction of sp³-hybridized carbons (Fsp3) is 0.900. The summed E-state index contributed by atoms with van der Waals surface area (Å²) < 4.78 is 0. The maximum absolute atomic E-state index is 10.0. The van der Waals surface area contributed by atoms with Crippen molar-refractivity contribution in [2.24, 2.45) is 28.6 Å². The van der Waals surface area contributed by atoms with E-state index >= 15 is 0 Å². The van der Waals surface area contributed by atoms with E-state index in [4.69, 9.17) is 0 Å². The zero-order valence-electron chi connectivity index (χ0n) is 14.6. The second-order valence-electron chi connectivity index (χ2n) is 9.09. The Hall–Kier alpha value is -0.340. The van der Waals surface area contributed by atoms with Crippen molar-refractivity contribution in [1.29, 1.82) is 0 Å². The van der Waals surface area contributed by atoms with Crippen LogP contribution < -0.4 is 5.32 Å². The first kappa shape index (κ1) is 15.2. The van der Waals surface area contributed by atoms with Gasteiger partial charge in [0.2, 0.25) is 0 Å². The van der Waals surface area contributed by atoms with Gasteiger partial charge >= 0.3 is 0 Å². The lowest BCUT2D eigenvalue weighted by atomic mass is 9.47. The quantitative estimate of drug-likeness (QED) is 0.720. The Balaban J connectivity index is 1.65. The summed E-state index contributed by atoms with van der Waals surface area (Å²) in [5.41, 5.74) is 2.52. The van der Waals surface area contributed by atoms with Crippen LogP contribution in [0.3, 0.4) is 0 Å². The maximum Gasteiger partial charge on any atom is 0.0724 e. The minimum Gasteiger partial charge on any atom is -0.389 e. The normalized spacial score (nSPS) is 54.2. The molecule has 124 valence electrons. The van der Waals surface area contributed by atoms with Gasteiger partial charge < -0.3 is 10.4 Å². The van der Waals surface area contributed by atoms with Gasteiger partial charge in [0.15, 0.2) is 0 Å². The van der Waals surface area contributed by atoms with Gasteiger partial charge in [-0.1, -0.05) is 25.5 Å². The summed E-state index contributed by atoms with van der Waals surface area (Å²) in [7, 11) is 2.16. The van der Waals surface area contributed by atoms with Crippen molar-refractivity contribution in [3.63, 3.8) is 0 Å². The number of fused-ring (bicyclic) bond motifs is 5. The second-order valence-corrected chi connectivity index (χ2v) is 9.09. The number of aliphatic hydroxyl groups is 1. The van der Waals surface area contributed by atoms with Gasteiger partial charge in [-0.2, -0.15) is 0 Å². The second kappa shape index (κ2) is 5.08. The van der Waals surface area contributed by atoms with Gasteiger partial charge in [0, 0.05) is 6.04 Å². The monoisotopic (exact) mass is 303 g/mol. The molecule has 22 heavy (non-hydrogen) atoms. The van der Waals surface area contributed by atoms with Crippen molar-refractivity contribution < 1.29 is 5.11 Å². The molecule has 2 N–H and O–H groups in total. The van der Waals surface area contributed by atoms with E-state index in [1.165, 1.54) is 44.9 Å². The summed E-state index contributed by atoms with van der Waals surface area (Å²) >= 11 is 0. The zero-order valence-corrected chi connectivity index (χ0v) is 14.6.